The topological polar surface area (TPSA) is 49.2 Å². The van der Waals surface area contributed by atoms with E-state index in [1.165, 1.54) is 0 Å². The minimum Gasteiger partial charge on any atom is -0.379 e. The molecule has 0 aromatic heterocycles. The lowest BCUT2D eigenvalue weighted by Gasteiger charge is -2.26. The van der Waals surface area contributed by atoms with Gasteiger partial charge in [-0.15, -0.1) is 0 Å². The molecule has 1 aliphatic rings. The highest BCUT2D eigenvalue weighted by Crippen LogP contribution is 2.04. The third kappa shape index (κ3) is 6.12. The van der Waals surface area contributed by atoms with Gasteiger partial charge >= 0.3 is 0 Å². The molecule has 5 heteroatoms. The molecule has 1 aliphatic heterocycles. The van der Waals surface area contributed by atoms with Crippen LogP contribution in [0.15, 0.2) is 34.2 Å². The Labute approximate surface area is 122 Å². The first-order valence-corrected chi connectivity index (χ1v) is 7.18. The zero-order valence-electron chi connectivity index (χ0n) is 12.7. The summed E-state index contributed by atoms with van der Waals surface area (Å²) in [5.74, 6) is 1.30. The Morgan fingerprint density at radius 1 is 1.35 bits per heavy atom. The third-order valence-electron chi connectivity index (χ3n) is 3.05. The second-order valence-electron chi connectivity index (χ2n) is 4.64. The molecule has 0 amide bonds. The summed E-state index contributed by atoms with van der Waals surface area (Å²) in [6.45, 7) is 15.8. The van der Waals surface area contributed by atoms with E-state index in [4.69, 9.17) is 4.74 Å². The van der Waals surface area contributed by atoms with Crippen molar-refractivity contribution in [1.29, 1.82) is 0 Å². The fraction of sp³-hybridized carbons (Fsp3) is 0.600. The Kier molecular flexibility index (Phi) is 7.84. The maximum Gasteiger partial charge on any atom is 0.143 e. The number of morpholine rings is 1. The molecule has 1 fully saturated rings. The first-order chi connectivity index (χ1) is 9.69. The second-order valence-corrected chi connectivity index (χ2v) is 4.64. The van der Waals surface area contributed by atoms with E-state index in [-0.39, 0.29) is 0 Å². The van der Waals surface area contributed by atoms with Crippen molar-refractivity contribution in [3.8, 4) is 0 Å². The van der Waals surface area contributed by atoms with Gasteiger partial charge in [0.1, 0.15) is 11.7 Å². The minimum atomic E-state index is 0.613. The summed E-state index contributed by atoms with van der Waals surface area (Å²) in [7, 11) is 0. The number of aliphatic imine (C=N–C) groups is 2. The molecule has 20 heavy (non-hydrogen) atoms. The van der Waals surface area contributed by atoms with Crippen LogP contribution in [-0.4, -0.2) is 50.3 Å². The molecular formula is C15H26N4O. The lowest BCUT2D eigenvalue weighted by molar-refractivity contribution is 0.0452. The van der Waals surface area contributed by atoms with Gasteiger partial charge in [-0.05, 0) is 19.6 Å². The van der Waals surface area contributed by atoms with Crippen molar-refractivity contribution < 1.29 is 4.74 Å². The Hall–Kier alpha value is -1.46. The maximum atomic E-state index is 5.32. The van der Waals surface area contributed by atoms with Gasteiger partial charge in [0.15, 0.2) is 0 Å². The zero-order valence-corrected chi connectivity index (χ0v) is 12.7. The van der Waals surface area contributed by atoms with Crippen molar-refractivity contribution in [3.05, 3.63) is 24.2 Å². The molecule has 1 saturated heterocycles. The number of rotatable bonds is 7. The molecule has 0 spiro atoms. The molecule has 1 heterocycles. The van der Waals surface area contributed by atoms with E-state index in [2.05, 4.69) is 53.4 Å². The van der Waals surface area contributed by atoms with E-state index >= 15 is 0 Å². The standard InChI is InChI=1S/C15H26N4O/c1-5-7-14(6-2)17-13(3)18-15(16-4)12-19-8-10-20-11-9-19/h7,17H,3-6,8-12H2,1-2H3/b14-7+,18-15-. The van der Waals surface area contributed by atoms with Gasteiger partial charge in [-0.2, -0.15) is 0 Å². The van der Waals surface area contributed by atoms with Crippen LogP contribution in [0, 0.1) is 0 Å². The number of ether oxygens (including phenoxy) is 1. The Morgan fingerprint density at radius 2 is 2.05 bits per heavy atom. The van der Waals surface area contributed by atoms with E-state index in [0.29, 0.717) is 18.2 Å². The van der Waals surface area contributed by atoms with Gasteiger partial charge in [0.05, 0.1) is 19.8 Å². The average molecular weight is 278 g/mol. The number of amidine groups is 1. The normalized spacial score (nSPS) is 17.9. The van der Waals surface area contributed by atoms with Crippen LogP contribution >= 0.6 is 0 Å². The van der Waals surface area contributed by atoms with E-state index < -0.39 is 0 Å². The summed E-state index contributed by atoms with van der Waals surface area (Å²) < 4.78 is 5.32. The lowest BCUT2D eigenvalue weighted by Crippen LogP contribution is -2.39. The van der Waals surface area contributed by atoms with Crippen molar-refractivity contribution in [3.63, 3.8) is 0 Å². The van der Waals surface area contributed by atoms with Gasteiger partial charge in [-0.25, -0.2) is 9.98 Å². The van der Waals surface area contributed by atoms with Crippen molar-refractivity contribution in [2.24, 2.45) is 9.98 Å². The highest BCUT2D eigenvalue weighted by molar-refractivity contribution is 5.88. The van der Waals surface area contributed by atoms with Gasteiger partial charge in [0.2, 0.25) is 0 Å². The van der Waals surface area contributed by atoms with Crippen LogP contribution in [0.25, 0.3) is 0 Å². The smallest absolute Gasteiger partial charge is 0.143 e. The fourth-order valence-corrected chi connectivity index (χ4v) is 1.98. The molecule has 0 radical (unpaired) electrons. The molecule has 0 unspecified atom stereocenters. The molecule has 1 rings (SSSR count). The molecule has 0 bridgehead atoms. The Balaban J connectivity index is 2.56. The molecule has 5 nitrogen and oxygen atoms in total. The van der Waals surface area contributed by atoms with E-state index in [0.717, 1.165) is 44.8 Å². The predicted octanol–water partition coefficient (Wildman–Crippen LogP) is 2.18. The van der Waals surface area contributed by atoms with E-state index in [9.17, 15) is 0 Å². The fourth-order valence-electron chi connectivity index (χ4n) is 1.98. The molecule has 0 saturated carbocycles. The van der Waals surface area contributed by atoms with Gasteiger partial charge in [-0.1, -0.05) is 26.5 Å². The molecule has 112 valence electrons. The molecule has 0 aliphatic carbocycles. The summed E-state index contributed by atoms with van der Waals surface area (Å²) in [5.41, 5.74) is 1.14. The number of nitrogens with one attached hydrogen (secondary N) is 1. The molecule has 0 aromatic carbocycles. The monoisotopic (exact) mass is 278 g/mol. The molecule has 0 aromatic rings. The number of nitrogens with zero attached hydrogens (tertiary/aromatic N) is 3. The Morgan fingerprint density at radius 3 is 2.60 bits per heavy atom. The van der Waals surface area contributed by atoms with Crippen molar-refractivity contribution >= 4 is 12.6 Å². The van der Waals surface area contributed by atoms with Gasteiger partial charge in [0, 0.05) is 18.8 Å². The van der Waals surface area contributed by atoms with Gasteiger partial charge in [0.25, 0.3) is 0 Å². The predicted molar refractivity (Wildman–Crippen MR) is 85.2 cm³/mol. The van der Waals surface area contributed by atoms with Crippen LogP contribution in [0.3, 0.4) is 0 Å². The summed E-state index contributed by atoms with van der Waals surface area (Å²) in [6, 6.07) is 0. The zero-order chi connectivity index (χ0) is 14.8. The number of allylic oxidation sites excluding steroid dienone is 2. The average Bonchev–Trinajstić information content (AvgIpc) is 2.47. The van der Waals surface area contributed by atoms with Crippen LogP contribution in [0.1, 0.15) is 26.7 Å². The lowest BCUT2D eigenvalue weighted by atomic mass is 10.3. The molecule has 0 atom stereocenters. The van der Waals surface area contributed by atoms with Crippen LogP contribution in [0.2, 0.25) is 0 Å². The first kappa shape index (κ1) is 16.6. The highest BCUT2D eigenvalue weighted by Gasteiger charge is 2.12. The van der Waals surface area contributed by atoms with Gasteiger partial charge in [-0.3, -0.25) is 4.90 Å². The van der Waals surface area contributed by atoms with Gasteiger partial charge < -0.3 is 10.1 Å². The minimum absolute atomic E-state index is 0.613. The summed E-state index contributed by atoms with van der Waals surface area (Å²) in [6.07, 6.45) is 4.07. The summed E-state index contributed by atoms with van der Waals surface area (Å²) in [5, 5.41) is 3.22. The van der Waals surface area contributed by atoms with E-state index in [1.807, 2.05) is 0 Å². The van der Waals surface area contributed by atoms with Crippen molar-refractivity contribution in [1.82, 2.24) is 10.2 Å². The van der Waals surface area contributed by atoms with E-state index in [1.54, 1.807) is 0 Å². The van der Waals surface area contributed by atoms with Crippen LogP contribution in [-0.2, 0) is 4.74 Å². The van der Waals surface area contributed by atoms with Crippen LogP contribution < -0.4 is 5.32 Å². The summed E-state index contributed by atoms with van der Waals surface area (Å²) >= 11 is 0. The molecule has 1 N–H and O–H groups in total. The Bertz CT molecular complexity index is 381. The molecular weight excluding hydrogens is 252 g/mol. The number of hydrogen-bond acceptors (Lipinski definition) is 4. The van der Waals surface area contributed by atoms with Crippen LogP contribution in [0.5, 0.6) is 0 Å². The summed E-state index contributed by atoms with van der Waals surface area (Å²) in [4.78, 5) is 10.7. The highest BCUT2D eigenvalue weighted by atomic mass is 16.5. The van der Waals surface area contributed by atoms with Crippen molar-refractivity contribution in [2.45, 2.75) is 26.7 Å². The largest absolute Gasteiger partial charge is 0.379 e. The maximum absolute atomic E-state index is 5.32. The van der Waals surface area contributed by atoms with Crippen molar-refractivity contribution in [2.75, 3.05) is 32.8 Å². The second kappa shape index (κ2) is 9.44. The quantitative estimate of drug-likeness (QED) is 0.573. The first-order valence-electron chi connectivity index (χ1n) is 7.18. The SMILES string of the molecule is C=N/C(CN1CCOCC1)=N\C(=C)N/C(=C/CC)CC. The number of hydrogen-bond donors (Lipinski definition) is 1. The van der Waals surface area contributed by atoms with Crippen LogP contribution in [0.4, 0.5) is 0 Å². The third-order valence-corrected chi connectivity index (χ3v) is 3.05.